The van der Waals surface area contributed by atoms with Gasteiger partial charge in [-0.05, 0) is 28.2 Å². The Hall–Kier alpha value is -3.49. The van der Waals surface area contributed by atoms with Crippen molar-refractivity contribution in [3.63, 3.8) is 0 Å². The van der Waals surface area contributed by atoms with E-state index in [1.54, 1.807) is 13.8 Å². The summed E-state index contributed by atoms with van der Waals surface area (Å²) in [5.74, 6) is -2.92. The molecule has 0 saturated carbocycles. The van der Waals surface area contributed by atoms with Crippen LogP contribution in [-0.4, -0.2) is 48.2 Å². The Morgan fingerprint density at radius 3 is 2.06 bits per heavy atom. The van der Waals surface area contributed by atoms with Crippen molar-refractivity contribution >= 4 is 18.0 Å². The third-order valence-electron chi connectivity index (χ3n) is 6.14. The molecule has 34 heavy (non-hydrogen) atoms. The standard InChI is InChI=1S/C25H28F2N2O5/c1-3-14(2)22(24(32)28-20(23(26)27)12-21(30)31)29-25(33)34-13-19-17-10-6-4-8-15(17)16-9-5-7-11-18(16)19/h4-11,14,19-20,22-23H,3,12-13H2,1-2H3,(H,28,32)(H,29,33)(H,30,31). The zero-order valence-corrected chi connectivity index (χ0v) is 19.0. The predicted molar refractivity (Wildman–Crippen MR) is 122 cm³/mol. The predicted octanol–water partition coefficient (Wildman–Crippen LogP) is 4.16. The number of fused-ring (bicyclic) bond motifs is 3. The lowest BCUT2D eigenvalue weighted by Gasteiger charge is -2.26. The second kappa shape index (κ2) is 11.1. The number of benzene rings is 2. The number of alkyl halides is 2. The summed E-state index contributed by atoms with van der Waals surface area (Å²) in [5.41, 5.74) is 4.20. The minimum atomic E-state index is -3.06. The highest BCUT2D eigenvalue weighted by atomic mass is 19.3. The summed E-state index contributed by atoms with van der Waals surface area (Å²) in [6.45, 7) is 3.50. The molecule has 3 atom stereocenters. The Morgan fingerprint density at radius 1 is 1.00 bits per heavy atom. The van der Waals surface area contributed by atoms with Crippen LogP contribution in [0.2, 0.25) is 0 Å². The lowest BCUT2D eigenvalue weighted by Crippen LogP contribution is -2.54. The summed E-state index contributed by atoms with van der Waals surface area (Å²) in [7, 11) is 0. The van der Waals surface area contributed by atoms with E-state index in [4.69, 9.17) is 9.84 Å². The molecular formula is C25H28F2N2O5. The smallest absolute Gasteiger partial charge is 0.407 e. The largest absolute Gasteiger partial charge is 0.481 e. The van der Waals surface area contributed by atoms with Crippen LogP contribution in [0.4, 0.5) is 13.6 Å². The van der Waals surface area contributed by atoms with Crippen LogP contribution in [0.5, 0.6) is 0 Å². The molecule has 0 aliphatic heterocycles. The molecular weight excluding hydrogens is 446 g/mol. The number of alkyl carbamates (subject to hydrolysis) is 1. The van der Waals surface area contributed by atoms with E-state index >= 15 is 0 Å². The number of carbonyl (C=O) groups is 3. The maximum Gasteiger partial charge on any atom is 0.407 e. The third-order valence-corrected chi connectivity index (χ3v) is 6.14. The van der Waals surface area contributed by atoms with E-state index in [1.165, 1.54) is 0 Å². The van der Waals surface area contributed by atoms with Crippen molar-refractivity contribution in [3.05, 3.63) is 59.7 Å². The van der Waals surface area contributed by atoms with Crippen LogP contribution in [0.25, 0.3) is 11.1 Å². The number of carboxylic acids is 1. The van der Waals surface area contributed by atoms with Gasteiger partial charge in [-0.3, -0.25) is 9.59 Å². The summed E-state index contributed by atoms with van der Waals surface area (Å²) in [6.07, 6.45) is -4.37. The second-order valence-corrected chi connectivity index (χ2v) is 8.38. The molecule has 9 heteroatoms. The van der Waals surface area contributed by atoms with Gasteiger partial charge in [0.15, 0.2) is 0 Å². The van der Waals surface area contributed by atoms with Gasteiger partial charge < -0.3 is 20.5 Å². The Kier molecular flexibility index (Phi) is 8.20. The number of rotatable bonds is 10. The molecule has 0 radical (unpaired) electrons. The monoisotopic (exact) mass is 474 g/mol. The van der Waals surface area contributed by atoms with Gasteiger partial charge in [-0.1, -0.05) is 68.8 Å². The van der Waals surface area contributed by atoms with Gasteiger partial charge in [0, 0.05) is 5.92 Å². The molecule has 1 aliphatic carbocycles. The first-order valence-corrected chi connectivity index (χ1v) is 11.1. The molecule has 1 aliphatic rings. The average molecular weight is 475 g/mol. The van der Waals surface area contributed by atoms with Crippen molar-refractivity contribution in [1.29, 1.82) is 0 Å². The Morgan fingerprint density at radius 2 is 1.56 bits per heavy atom. The number of carbonyl (C=O) groups excluding carboxylic acids is 2. The lowest BCUT2D eigenvalue weighted by molar-refractivity contribution is -0.139. The molecule has 182 valence electrons. The Bertz CT molecular complexity index is 1000. The van der Waals surface area contributed by atoms with Gasteiger partial charge in [0.2, 0.25) is 5.91 Å². The quantitative estimate of drug-likeness (QED) is 0.480. The van der Waals surface area contributed by atoms with E-state index < -0.39 is 48.8 Å². The number of ether oxygens (including phenoxy) is 1. The van der Waals surface area contributed by atoms with Gasteiger partial charge >= 0.3 is 12.1 Å². The lowest BCUT2D eigenvalue weighted by atomic mass is 9.97. The summed E-state index contributed by atoms with van der Waals surface area (Å²) < 4.78 is 31.8. The summed E-state index contributed by atoms with van der Waals surface area (Å²) in [5, 5.41) is 13.3. The Balaban J connectivity index is 1.68. The molecule has 2 aromatic carbocycles. The highest BCUT2D eigenvalue weighted by Gasteiger charge is 2.33. The van der Waals surface area contributed by atoms with Crippen molar-refractivity contribution in [2.24, 2.45) is 5.92 Å². The highest BCUT2D eigenvalue weighted by molar-refractivity contribution is 5.86. The van der Waals surface area contributed by atoms with Crippen molar-refractivity contribution in [2.45, 2.75) is 51.1 Å². The van der Waals surface area contributed by atoms with Gasteiger partial charge in [0.25, 0.3) is 6.43 Å². The third kappa shape index (κ3) is 5.70. The first-order chi connectivity index (χ1) is 16.2. The van der Waals surface area contributed by atoms with Gasteiger partial charge in [-0.15, -0.1) is 0 Å². The van der Waals surface area contributed by atoms with Crippen LogP contribution in [0.1, 0.15) is 43.7 Å². The number of amides is 2. The molecule has 3 N–H and O–H groups in total. The SMILES string of the molecule is CCC(C)C(NC(=O)OCC1c2ccccc2-c2ccccc21)C(=O)NC(CC(=O)O)C(F)F. The van der Waals surface area contributed by atoms with Crippen molar-refractivity contribution in [3.8, 4) is 11.1 Å². The average Bonchev–Trinajstić information content (AvgIpc) is 3.13. The van der Waals surface area contributed by atoms with E-state index in [0.717, 1.165) is 22.3 Å². The minimum absolute atomic E-state index is 0.0351. The summed E-state index contributed by atoms with van der Waals surface area (Å²) in [6, 6.07) is 12.7. The zero-order chi connectivity index (χ0) is 24.8. The second-order valence-electron chi connectivity index (χ2n) is 8.38. The van der Waals surface area contributed by atoms with E-state index in [0.29, 0.717) is 6.42 Å². The molecule has 2 aromatic rings. The maximum absolute atomic E-state index is 13.2. The first kappa shape index (κ1) is 25.1. The number of halogens is 2. The van der Waals surface area contributed by atoms with Gasteiger partial charge in [-0.25, -0.2) is 13.6 Å². The van der Waals surface area contributed by atoms with Crippen LogP contribution < -0.4 is 10.6 Å². The highest BCUT2D eigenvalue weighted by Crippen LogP contribution is 2.44. The Labute approximate surface area is 196 Å². The zero-order valence-electron chi connectivity index (χ0n) is 19.0. The number of hydrogen-bond donors (Lipinski definition) is 3. The van der Waals surface area contributed by atoms with Gasteiger partial charge in [0.1, 0.15) is 18.7 Å². The van der Waals surface area contributed by atoms with E-state index in [9.17, 15) is 23.2 Å². The molecule has 0 bridgehead atoms. The van der Waals surface area contributed by atoms with Crippen LogP contribution in [0.3, 0.4) is 0 Å². The fourth-order valence-corrected chi connectivity index (χ4v) is 4.13. The van der Waals surface area contributed by atoms with Crippen LogP contribution in [-0.2, 0) is 14.3 Å². The minimum Gasteiger partial charge on any atom is -0.481 e. The topological polar surface area (TPSA) is 105 Å². The number of carboxylic acid groups (broad SMARTS) is 1. The number of aliphatic carboxylic acids is 1. The molecule has 3 unspecified atom stereocenters. The molecule has 0 aromatic heterocycles. The van der Waals surface area contributed by atoms with Crippen molar-refractivity contribution in [1.82, 2.24) is 10.6 Å². The molecule has 0 saturated heterocycles. The molecule has 0 heterocycles. The molecule has 7 nitrogen and oxygen atoms in total. The molecule has 0 fully saturated rings. The molecule has 0 spiro atoms. The van der Waals surface area contributed by atoms with E-state index in [2.05, 4.69) is 10.6 Å². The van der Waals surface area contributed by atoms with Gasteiger partial charge in [-0.2, -0.15) is 0 Å². The summed E-state index contributed by atoms with van der Waals surface area (Å²) in [4.78, 5) is 36.1. The number of nitrogens with one attached hydrogen (secondary N) is 2. The first-order valence-electron chi connectivity index (χ1n) is 11.1. The number of hydrogen-bond acceptors (Lipinski definition) is 4. The van der Waals surface area contributed by atoms with Crippen molar-refractivity contribution < 1.29 is 33.0 Å². The fraction of sp³-hybridized carbons (Fsp3) is 0.400. The van der Waals surface area contributed by atoms with E-state index in [1.807, 2.05) is 48.5 Å². The normalized spacial score (nSPS) is 15.1. The van der Waals surface area contributed by atoms with Crippen LogP contribution in [0.15, 0.2) is 48.5 Å². The van der Waals surface area contributed by atoms with Gasteiger partial charge in [0.05, 0.1) is 6.42 Å². The molecule has 3 rings (SSSR count). The van der Waals surface area contributed by atoms with Crippen molar-refractivity contribution in [2.75, 3.05) is 6.61 Å². The van der Waals surface area contributed by atoms with Crippen LogP contribution in [0, 0.1) is 5.92 Å². The van der Waals surface area contributed by atoms with E-state index in [-0.39, 0.29) is 12.5 Å². The van der Waals surface area contributed by atoms with Crippen LogP contribution >= 0.6 is 0 Å². The summed E-state index contributed by atoms with van der Waals surface area (Å²) >= 11 is 0. The molecule has 2 amide bonds. The fourth-order valence-electron chi connectivity index (χ4n) is 4.13. The maximum atomic E-state index is 13.2.